The Morgan fingerprint density at radius 3 is 1.64 bits per heavy atom. The van der Waals surface area contributed by atoms with Crippen LogP contribution in [-0.2, 0) is 0 Å². The van der Waals surface area contributed by atoms with E-state index in [2.05, 4.69) is 9.97 Å². The second-order valence-corrected chi connectivity index (χ2v) is 2.95. The van der Waals surface area contributed by atoms with E-state index < -0.39 is 0 Å². The van der Waals surface area contributed by atoms with Gasteiger partial charge in [0.25, 0.3) is 0 Å². The molecule has 0 fully saturated rings. The zero-order valence-corrected chi connectivity index (χ0v) is 8.02. The van der Waals surface area contributed by atoms with Crippen LogP contribution in [0.15, 0.2) is 21.2 Å². The summed E-state index contributed by atoms with van der Waals surface area (Å²) in [7, 11) is 0. The van der Waals surface area contributed by atoms with Gasteiger partial charge in [-0.05, 0) is 13.8 Å². The number of aromatic nitrogens is 2. The Morgan fingerprint density at radius 1 is 0.929 bits per heavy atom. The van der Waals surface area contributed by atoms with E-state index in [4.69, 9.17) is 8.83 Å². The van der Waals surface area contributed by atoms with Crippen LogP contribution in [0.4, 0.5) is 0 Å². The van der Waals surface area contributed by atoms with Crippen LogP contribution in [0, 0.1) is 13.8 Å². The third-order valence-corrected chi connectivity index (χ3v) is 1.65. The lowest BCUT2D eigenvalue weighted by molar-refractivity contribution is 0.512. The Hall–Kier alpha value is -1.84. The van der Waals surface area contributed by atoms with Gasteiger partial charge in [0, 0.05) is 12.2 Å². The number of aryl methyl sites for hydroxylation is 2. The van der Waals surface area contributed by atoms with Gasteiger partial charge in [-0.3, -0.25) is 0 Å². The molecule has 0 saturated carbocycles. The fourth-order valence-electron chi connectivity index (χ4n) is 1.04. The lowest BCUT2D eigenvalue weighted by atomic mass is 10.5. The van der Waals surface area contributed by atoms with Crippen molar-refractivity contribution in [3.05, 3.63) is 35.7 Å². The van der Waals surface area contributed by atoms with E-state index in [1.165, 1.54) is 0 Å². The zero-order chi connectivity index (χ0) is 9.97. The Kier molecular flexibility index (Phi) is 2.18. The average molecular weight is 190 g/mol. The van der Waals surface area contributed by atoms with Gasteiger partial charge in [0.05, 0.1) is 12.4 Å². The first-order chi connectivity index (χ1) is 6.74. The van der Waals surface area contributed by atoms with E-state index in [1.807, 2.05) is 13.8 Å². The first kappa shape index (κ1) is 8.74. The highest BCUT2D eigenvalue weighted by Gasteiger charge is 1.97. The third kappa shape index (κ3) is 1.90. The van der Waals surface area contributed by atoms with Gasteiger partial charge >= 0.3 is 0 Å². The van der Waals surface area contributed by atoms with Gasteiger partial charge in [-0.2, -0.15) is 0 Å². The van der Waals surface area contributed by atoms with E-state index in [1.54, 1.807) is 24.5 Å². The Labute approximate surface area is 81.3 Å². The van der Waals surface area contributed by atoms with E-state index in [-0.39, 0.29) is 0 Å². The maximum Gasteiger partial charge on any atom is 0.219 e. The molecule has 0 aliphatic carbocycles. The van der Waals surface area contributed by atoms with Crippen LogP contribution < -0.4 is 0 Å². The highest BCUT2D eigenvalue weighted by atomic mass is 16.4. The number of oxazole rings is 2. The predicted molar refractivity (Wildman–Crippen MR) is 51.4 cm³/mol. The molecule has 0 atom stereocenters. The van der Waals surface area contributed by atoms with Gasteiger partial charge in [0.15, 0.2) is 0 Å². The first-order valence-electron chi connectivity index (χ1n) is 4.27. The van der Waals surface area contributed by atoms with Gasteiger partial charge < -0.3 is 8.83 Å². The molecular weight excluding hydrogens is 180 g/mol. The molecule has 2 aromatic heterocycles. The quantitative estimate of drug-likeness (QED) is 0.729. The standard InChI is InChI=1S/C10H10N2O2/c1-7-5-11-9(13-7)3-4-10-12-6-8(2)14-10/h3-6H,1-2H3. The minimum atomic E-state index is 0.554. The molecule has 0 amide bonds. The maximum atomic E-state index is 5.24. The lowest BCUT2D eigenvalue weighted by Gasteiger charge is -1.82. The van der Waals surface area contributed by atoms with Crippen LogP contribution in [0.2, 0.25) is 0 Å². The molecule has 0 N–H and O–H groups in total. The second kappa shape index (κ2) is 3.49. The minimum Gasteiger partial charge on any atom is -0.442 e. The molecule has 72 valence electrons. The largest absolute Gasteiger partial charge is 0.442 e. The second-order valence-electron chi connectivity index (χ2n) is 2.95. The van der Waals surface area contributed by atoms with E-state index in [0.29, 0.717) is 11.8 Å². The fraction of sp³-hybridized carbons (Fsp3) is 0.200. The van der Waals surface area contributed by atoms with Crippen molar-refractivity contribution in [3.63, 3.8) is 0 Å². The Morgan fingerprint density at radius 2 is 1.36 bits per heavy atom. The summed E-state index contributed by atoms with van der Waals surface area (Å²) in [5.74, 6) is 2.68. The van der Waals surface area contributed by atoms with E-state index in [9.17, 15) is 0 Å². The van der Waals surface area contributed by atoms with Gasteiger partial charge in [-0.25, -0.2) is 9.97 Å². The topological polar surface area (TPSA) is 52.1 Å². The molecule has 2 heterocycles. The van der Waals surface area contributed by atoms with Crippen LogP contribution >= 0.6 is 0 Å². The van der Waals surface area contributed by atoms with Gasteiger partial charge in [-0.1, -0.05) is 0 Å². The molecule has 4 heteroatoms. The third-order valence-electron chi connectivity index (χ3n) is 1.65. The maximum absolute atomic E-state index is 5.24. The van der Waals surface area contributed by atoms with Crippen LogP contribution in [-0.4, -0.2) is 9.97 Å². The van der Waals surface area contributed by atoms with Crippen molar-refractivity contribution in [3.8, 4) is 0 Å². The predicted octanol–water partition coefficient (Wildman–Crippen LogP) is 2.45. The smallest absolute Gasteiger partial charge is 0.219 e. The number of hydrogen-bond acceptors (Lipinski definition) is 4. The van der Waals surface area contributed by atoms with Crippen molar-refractivity contribution < 1.29 is 8.83 Å². The molecule has 2 rings (SSSR count). The van der Waals surface area contributed by atoms with Crippen molar-refractivity contribution in [2.45, 2.75) is 13.8 Å². The molecule has 2 aromatic rings. The van der Waals surface area contributed by atoms with Crippen LogP contribution in [0.1, 0.15) is 23.3 Å². The highest BCUT2D eigenvalue weighted by molar-refractivity contribution is 5.61. The molecule has 0 unspecified atom stereocenters. The number of rotatable bonds is 2. The normalized spacial score (nSPS) is 11.3. The highest BCUT2D eigenvalue weighted by Crippen LogP contribution is 2.08. The fourth-order valence-corrected chi connectivity index (χ4v) is 1.04. The van der Waals surface area contributed by atoms with E-state index >= 15 is 0 Å². The minimum absolute atomic E-state index is 0.554. The molecule has 0 aliphatic heterocycles. The number of hydrogen-bond donors (Lipinski definition) is 0. The Bertz CT molecular complexity index is 412. The molecule has 0 spiro atoms. The van der Waals surface area contributed by atoms with E-state index in [0.717, 1.165) is 11.5 Å². The Balaban J connectivity index is 2.14. The summed E-state index contributed by atoms with van der Waals surface area (Å²) in [5, 5.41) is 0. The summed E-state index contributed by atoms with van der Waals surface area (Å²) in [6.07, 6.45) is 6.78. The summed E-state index contributed by atoms with van der Waals surface area (Å²) >= 11 is 0. The molecule has 0 aromatic carbocycles. The van der Waals surface area contributed by atoms with Crippen LogP contribution in [0.25, 0.3) is 12.2 Å². The molecule has 0 bridgehead atoms. The monoisotopic (exact) mass is 190 g/mol. The molecule has 0 saturated heterocycles. The lowest BCUT2D eigenvalue weighted by Crippen LogP contribution is -1.69. The van der Waals surface area contributed by atoms with Crippen molar-refractivity contribution in [1.29, 1.82) is 0 Å². The SMILES string of the molecule is Cc1cnc(C=Cc2ncc(C)o2)o1. The van der Waals surface area contributed by atoms with Crippen molar-refractivity contribution >= 4 is 12.2 Å². The van der Waals surface area contributed by atoms with Crippen LogP contribution in [0.5, 0.6) is 0 Å². The first-order valence-corrected chi connectivity index (χ1v) is 4.27. The van der Waals surface area contributed by atoms with Crippen molar-refractivity contribution in [2.24, 2.45) is 0 Å². The summed E-state index contributed by atoms with van der Waals surface area (Å²) in [4.78, 5) is 8.03. The van der Waals surface area contributed by atoms with Crippen LogP contribution in [0.3, 0.4) is 0 Å². The summed E-state index contributed by atoms with van der Waals surface area (Å²) in [5.41, 5.74) is 0. The van der Waals surface area contributed by atoms with Crippen molar-refractivity contribution in [2.75, 3.05) is 0 Å². The number of nitrogens with zero attached hydrogens (tertiary/aromatic N) is 2. The van der Waals surface area contributed by atoms with Gasteiger partial charge in [-0.15, -0.1) is 0 Å². The summed E-state index contributed by atoms with van der Waals surface area (Å²) in [6, 6.07) is 0. The average Bonchev–Trinajstić information content (AvgIpc) is 2.72. The molecule has 14 heavy (non-hydrogen) atoms. The van der Waals surface area contributed by atoms with Gasteiger partial charge in [0.1, 0.15) is 11.5 Å². The van der Waals surface area contributed by atoms with Gasteiger partial charge in [0.2, 0.25) is 11.8 Å². The summed E-state index contributed by atoms with van der Waals surface area (Å²) < 4.78 is 10.5. The zero-order valence-electron chi connectivity index (χ0n) is 8.02. The van der Waals surface area contributed by atoms with Crippen molar-refractivity contribution in [1.82, 2.24) is 9.97 Å². The molecular formula is C10H10N2O2. The molecule has 0 radical (unpaired) electrons. The molecule has 4 nitrogen and oxygen atoms in total. The molecule has 0 aliphatic rings. The summed E-state index contributed by atoms with van der Waals surface area (Å²) in [6.45, 7) is 3.69.